The van der Waals surface area contributed by atoms with E-state index in [4.69, 9.17) is 0 Å². The fourth-order valence-corrected chi connectivity index (χ4v) is 3.21. The van der Waals surface area contributed by atoms with Crippen LogP contribution in [0.5, 0.6) is 0 Å². The lowest BCUT2D eigenvalue weighted by Gasteiger charge is -2.20. The lowest BCUT2D eigenvalue weighted by atomic mass is 9.95. The number of allylic oxidation sites excluding steroid dienone is 2. The van der Waals surface area contributed by atoms with Crippen molar-refractivity contribution in [3.63, 3.8) is 0 Å². The standard InChI is InChI=1S/C19H29N/c1-5-9-16-12-18(14(3)6-2)15(4)19(13-16)20-17-10-7-8-11-17/h6,12-13,17,20H,5,7-11H2,1-4H3/b14-6-. The van der Waals surface area contributed by atoms with Gasteiger partial charge in [0.15, 0.2) is 0 Å². The number of anilines is 1. The van der Waals surface area contributed by atoms with Crippen LogP contribution in [0, 0.1) is 6.92 Å². The molecular weight excluding hydrogens is 242 g/mol. The van der Waals surface area contributed by atoms with Gasteiger partial charge in [0.2, 0.25) is 0 Å². The number of aryl methyl sites for hydroxylation is 1. The molecule has 1 aromatic carbocycles. The van der Waals surface area contributed by atoms with Crippen LogP contribution in [0.3, 0.4) is 0 Å². The van der Waals surface area contributed by atoms with Gasteiger partial charge in [0.25, 0.3) is 0 Å². The Balaban J connectivity index is 2.34. The van der Waals surface area contributed by atoms with Crippen molar-refractivity contribution < 1.29 is 0 Å². The van der Waals surface area contributed by atoms with E-state index in [1.807, 2.05) is 0 Å². The zero-order valence-electron chi connectivity index (χ0n) is 13.6. The maximum absolute atomic E-state index is 3.80. The highest BCUT2D eigenvalue weighted by Gasteiger charge is 2.16. The Morgan fingerprint density at radius 2 is 2.00 bits per heavy atom. The molecule has 2 rings (SSSR count). The van der Waals surface area contributed by atoms with Crippen LogP contribution >= 0.6 is 0 Å². The molecule has 0 atom stereocenters. The normalized spacial score (nSPS) is 16.7. The van der Waals surface area contributed by atoms with Crippen molar-refractivity contribution in [2.45, 2.75) is 72.3 Å². The minimum atomic E-state index is 0.685. The summed E-state index contributed by atoms with van der Waals surface area (Å²) in [6.45, 7) is 8.87. The average molecular weight is 271 g/mol. The largest absolute Gasteiger partial charge is 0.382 e. The van der Waals surface area contributed by atoms with Gasteiger partial charge in [0, 0.05) is 11.7 Å². The fourth-order valence-electron chi connectivity index (χ4n) is 3.21. The summed E-state index contributed by atoms with van der Waals surface area (Å²) < 4.78 is 0. The van der Waals surface area contributed by atoms with E-state index in [2.05, 4.69) is 51.2 Å². The highest BCUT2D eigenvalue weighted by molar-refractivity contribution is 5.73. The summed E-state index contributed by atoms with van der Waals surface area (Å²) >= 11 is 0. The van der Waals surface area contributed by atoms with Gasteiger partial charge in [-0.2, -0.15) is 0 Å². The SMILES string of the molecule is C/C=C(/C)c1cc(CCC)cc(NC2CCCC2)c1C. The second kappa shape index (κ2) is 6.97. The summed E-state index contributed by atoms with van der Waals surface area (Å²) in [5.41, 5.74) is 7.04. The lowest BCUT2D eigenvalue weighted by Crippen LogP contribution is -2.16. The van der Waals surface area contributed by atoms with E-state index in [9.17, 15) is 0 Å². The smallest absolute Gasteiger partial charge is 0.0380 e. The Labute approximate surface area is 124 Å². The van der Waals surface area contributed by atoms with Gasteiger partial charge in [0.1, 0.15) is 0 Å². The van der Waals surface area contributed by atoms with E-state index in [1.165, 1.54) is 66.5 Å². The molecule has 0 bridgehead atoms. The van der Waals surface area contributed by atoms with Crippen LogP contribution in [0.25, 0.3) is 5.57 Å². The minimum Gasteiger partial charge on any atom is -0.382 e. The van der Waals surface area contributed by atoms with Crippen molar-refractivity contribution >= 4 is 11.3 Å². The quantitative estimate of drug-likeness (QED) is 0.721. The van der Waals surface area contributed by atoms with Gasteiger partial charge in [-0.15, -0.1) is 0 Å². The van der Waals surface area contributed by atoms with E-state index in [1.54, 1.807) is 0 Å². The molecule has 1 saturated carbocycles. The molecular formula is C19H29N. The molecule has 0 aromatic heterocycles. The molecule has 1 aliphatic rings. The number of nitrogens with one attached hydrogen (secondary N) is 1. The summed E-state index contributed by atoms with van der Waals surface area (Å²) in [5.74, 6) is 0. The molecule has 110 valence electrons. The Kier molecular flexibility index (Phi) is 5.28. The van der Waals surface area contributed by atoms with Gasteiger partial charge in [0.05, 0.1) is 0 Å². The zero-order chi connectivity index (χ0) is 14.5. The van der Waals surface area contributed by atoms with Gasteiger partial charge in [-0.05, 0) is 68.4 Å². The zero-order valence-corrected chi connectivity index (χ0v) is 13.6. The summed E-state index contributed by atoms with van der Waals surface area (Å²) in [5, 5.41) is 3.80. The predicted molar refractivity (Wildman–Crippen MR) is 90.4 cm³/mol. The van der Waals surface area contributed by atoms with E-state index >= 15 is 0 Å². The van der Waals surface area contributed by atoms with E-state index in [-0.39, 0.29) is 0 Å². The van der Waals surface area contributed by atoms with Crippen molar-refractivity contribution in [2.24, 2.45) is 0 Å². The van der Waals surface area contributed by atoms with Crippen molar-refractivity contribution in [3.8, 4) is 0 Å². The molecule has 0 unspecified atom stereocenters. The monoisotopic (exact) mass is 271 g/mol. The van der Waals surface area contributed by atoms with Gasteiger partial charge >= 0.3 is 0 Å². The van der Waals surface area contributed by atoms with E-state index in [0.717, 1.165) is 0 Å². The maximum atomic E-state index is 3.80. The Bertz CT molecular complexity index is 479. The van der Waals surface area contributed by atoms with Gasteiger partial charge in [-0.25, -0.2) is 0 Å². The number of hydrogen-bond donors (Lipinski definition) is 1. The van der Waals surface area contributed by atoms with Gasteiger partial charge < -0.3 is 5.32 Å². The summed E-state index contributed by atoms with van der Waals surface area (Å²) in [6, 6.07) is 5.45. The Morgan fingerprint density at radius 3 is 2.60 bits per heavy atom. The molecule has 1 fully saturated rings. The lowest BCUT2D eigenvalue weighted by molar-refractivity contribution is 0.754. The molecule has 1 N–H and O–H groups in total. The van der Waals surface area contributed by atoms with E-state index in [0.29, 0.717) is 6.04 Å². The molecule has 0 radical (unpaired) electrons. The van der Waals surface area contributed by atoms with Crippen LogP contribution in [0.4, 0.5) is 5.69 Å². The first kappa shape index (κ1) is 15.2. The maximum Gasteiger partial charge on any atom is 0.0380 e. The molecule has 20 heavy (non-hydrogen) atoms. The Hall–Kier alpha value is -1.24. The topological polar surface area (TPSA) is 12.0 Å². The van der Waals surface area contributed by atoms with Crippen LogP contribution in [0.1, 0.15) is 69.6 Å². The van der Waals surface area contributed by atoms with Crippen LogP contribution < -0.4 is 5.32 Å². The highest BCUT2D eigenvalue weighted by Crippen LogP contribution is 2.30. The van der Waals surface area contributed by atoms with Crippen molar-refractivity contribution in [1.82, 2.24) is 0 Å². The average Bonchev–Trinajstić information content (AvgIpc) is 2.94. The third-order valence-corrected chi connectivity index (χ3v) is 4.58. The van der Waals surface area contributed by atoms with Gasteiger partial charge in [-0.1, -0.05) is 38.3 Å². The van der Waals surface area contributed by atoms with Crippen molar-refractivity contribution in [3.05, 3.63) is 34.9 Å². The number of rotatable bonds is 5. The second-order valence-corrected chi connectivity index (χ2v) is 6.16. The van der Waals surface area contributed by atoms with Crippen molar-refractivity contribution in [1.29, 1.82) is 0 Å². The van der Waals surface area contributed by atoms with Crippen LogP contribution in [-0.4, -0.2) is 6.04 Å². The molecule has 0 spiro atoms. The first-order chi connectivity index (χ1) is 9.65. The second-order valence-electron chi connectivity index (χ2n) is 6.16. The summed E-state index contributed by atoms with van der Waals surface area (Å²) in [7, 11) is 0. The van der Waals surface area contributed by atoms with Crippen LogP contribution in [0.2, 0.25) is 0 Å². The first-order valence-corrected chi connectivity index (χ1v) is 8.19. The van der Waals surface area contributed by atoms with Gasteiger partial charge in [-0.3, -0.25) is 0 Å². The molecule has 1 heteroatoms. The third kappa shape index (κ3) is 3.45. The summed E-state index contributed by atoms with van der Waals surface area (Å²) in [4.78, 5) is 0. The fraction of sp³-hybridized carbons (Fsp3) is 0.579. The first-order valence-electron chi connectivity index (χ1n) is 8.19. The molecule has 0 aliphatic heterocycles. The minimum absolute atomic E-state index is 0.685. The molecule has 0 saturated heterocycles. The van der Waals surface area contributed by atoms with Crippen LogP contribution in [-0.2, 0) is 6.42 Å². The highest BCUT2D eigenvalue weighted by atomic mass is 14.9. The number of benzene rings is 1. The molecule has 0 heterocycles. The molecule has 1 nitrogen and oxygen atoms in total. The molecule has 1 aromatic rings. The number of hydrogen-bond acceptors (Lipinski definition) is 1. The third-order valence-electron chi connectivity index (χ3n) is 4.58. The molecule has 1 aliphatic carbocycles. The van der Waals surface area contributed by atoms with E-state index < -0.39 is 0 Å². The van der Waals surface area contributed by atoms with Crippen molar-refractivity contribution in [2.75, 3.05) is 5.32 Å². The van der Waals surface area contributed by atoms with Crippen LogP contribution in [0.15, 0.2) is 18.2 Å². The Morgan fingerprint density at radius 1 is 1.30 bits per heavy atom. The summed E-state index contributed by atoms with van der Waals surface area (Å²) in [6.07, 6.45) is 10.0. The molecule has 0 amide bonds. The predicted octanol–water partition coefficient (Wildman–Crippen LogP) is 5.73.